The van der Waals surface area contributed by atoms with Crippen molar-refractivity contribution < 1.29 is 20.4 Å². The van der Waals surface area contributed by atoms with Crippen LogP contribution in [0.25, 0.3) is 0 Å². The van der Waals surface area contributed by atoms with Crippen LogP contribution in [0.15, 0.2) is 24.0 Å². The average Bonchev–Trinajstić information content (AvgIpc) is 2.74. The van der Waals surface area contributed by atoms with Gasteiger partial charge in [-0.05, 0) is 20.8 Å². The Labute approximate surface area is 208 Å². The van der Waals surface area contributed by atoms with Crippen molar-refractivity contribution in [3.63, 3.8) is 0 Å². The molecule has 0 aromatic carbocycles. The number of aromatic amines is 5. The summed E-state index contributed by atoms with van der Waals surface area (Å²) in [5.74, 6) is -8.32. The summed E-state index contributed by atoms with van der Waals surface area (Å²) in [7, 11) is 0. The number of nitrogens with zero attached hydrogens (tertiary/aromatic N) is 3. The van der Waals surface area contributed by atoms with Crippen LogP contribution in [0.1, 0.15) is 51.6 Å². The van der Waals surface area contributed by atoms with Crippen molar-refractivity contribution in [2.75, 3.05) is 0 Å². The van der Waals surface area contributed by atoms with Crippen LogP contribution < -0.4 is 27.9 Å². The molecule has 0 bridgehead atoms. The highest BCUT2D eigenvalue weighted by Crippen LogP contribution is 2.46. The molecule has 0 saturated heterocycles. The molecule has 4 aromatic heterocycles. The number of rotatable bonds is 5. The minimum atomic E-state index is -2.06. The van der Waals surface area contributed by atoms with Crippen molar-refractivity contribution in [1.29, 1.82) is 0 Å². The van der Waals surface area contributed by atoms with Gasteiger partial charge in [0.05, 0.1) is 22.3 Å². The van der Waals surface area contributed by atoms with E-state index in [1.54, 1.807) is 0 Å². The van der Waals surface area contributed by atoms with E-state index in [0.29, 0.717) is 0 Å². The molecule has 17 heteroatoms. The van der Waals surface area contributed by atoms with Crippen LogP contribution in [0.4, 0.5) is 0 Å². The van der Waals surface area contributed by atoms with Gasteiger partial charge in [-0.2, -0.15) is 0 Å². The minimum Gasteiger partial charge on any atom is -0.494 e. The smallest absolute Gasteiger partial charge is 0.328 e. The second kappa shape index (κ2) is 9.19. The first-order valence-corrected chi connectivity index (χ1v) is 10.7. The first-order chi connectivity index (χ1) is 17.8. The molecular formula is C21H20N8O9. The Morgan fingerprint density at radius 1 is 0.500 bits per heavy atom. The molecule has 38 heavy (non-hydrogen) atoms. The maximum absolute atomic E-state index is 13.1. The third kappa shape index (κ3) is 4.31. The summed E-state index contributed by atoms with van der Waals surface area (Å²) in [6.45, 7) is 3.98. The molecule has 0 aliphatic rings. The summed E-state index contributed by atoms with van der Waals surface area (Å²) in [5, 5.41) is 42.8. The molecule has 4 rings (SSSR count). The van der Waals surface area contributed by atoms with Crippen molar-refractivity contribution in [3.05, 3.63) is 91.6 Å². The zero-order chi connectivity index (χ0) is 28.0. The molecule has 1 atom stereocenters. The lowest BCUT2D eigenvalue weighted by Gasteiger charge is -2.27. The first-order valence-electron chi connectivity index (χ1n) is 10.7. The highest BCUT2D eigenvalue weighted by atomic mass is 16.3. The van der Waals surface area contributed by atoms with Crippen LogP contribution in [-0.2, 0) is 0 Å². The van der Waals surface area contributed by atoms with E-state index >= 15 is 0 Å². The Balaban J connectivity index is 2.30. The highest BCUT2D eigenvalue weighted by molar-refractivity contribution is 5.51. The quantitative estimate of drug-likeness (QED) is 0.136. The summed E-state index contributed by atoms with van der Waals surface area (Å²) in [4.78, 5) is 86.1. The summed E-state index contributed by atoms with van der Waals surface area (Å²) < 4.78 is 0. The Kier molecular flexibility index (Phi) is 6.19. The second-order valence-electron chi connectivity index (χ2n) is 8.29. The molecule has 4 heterocycles. The van der Waals surface area contributed by atoms with E-state index in [4.69, 9.17) is 0 Å². The van der Waals surface area contributed by atoms with Crippen molar-refractivity contribution in [3.8, 4) is 23.5 Å². The lowest BCUT2D eigenvalue weighted by atomic mass is 9.75. The van der Waals surface area contributed by atoms with Gasteiger partial charge >= 0.3 is 5.69 Å². The highest BCUT2D eigenvalue weighted by Gasteiger charge is 2.42. The summed E-state index contributed by atoms with van der Waals surface area (Å²) in [5.41, 5.74) is -8.78. The molecule has 0 spiro atoms. The van der Waals surface area contributed by atoms with Crippen LogP contribution in [0, 0.1) is 20.8 Å². The molecule has 9 N–H and O–H groups in total. The van der Waals surface area contributed by atoms with Crippen molar-refractivity contribution in [2.24, 2.45) is 0 Å². The zero-order valence-electron chi connectivity index (χ0n) is 19.8. The Hall–Kier alpha value is -5.48. The Morgan fingerprint density at radius 2 is 0.816 bits per heavy atom. The van der Waals surface area contributed by atoms with Crippen LogP contribution in [0.5, 0.6) is 23.5 Å². The van der Waals surface area contributed by atoms with Gasteiger partial charge < -0.3 is 35.4 Å². The molecule has 0 aliphatic heterocycles. The van der Waals surface area contributed by atoms with Crippen LogP contribution in [0.3, 0.4) is 0 Å². The molecule has 198 valence electrons. The number of H-pyrrole nitrogens is 5. The van der Waals surface area contributed by atoms with Crippen molar-refractivity contribution in [2.45, 2.75) is 32.6 Å². The van der Waals surface area contributed by atoms with Crippen LogP contribution >= 0.6 is 0 Å². The fourth-order valence-corrected chi connectivity index (χ4v) is 4.31. The molecule has 0 amide bonds. The van der Waals surface area contributed by atoms with E-state index < -0.39 is 85.5 Å². The monoisotopic (exact) mass is 528 g/mol. The lowest BCUT2D eigenvalue weighted by Crippen LogP contribution is -2.36. The average molecular weight is 528 g/mol. The van der Waals surface area contributed by atoms with Gasteiger partial charge in [-0.3, -0.25) is 29.1 Å². The van der Waals surface area contributed by atoms with E-state index in [0.717, 1.165) is 0 Å². The maximum atomic E-state index is 13.1. The van der Waals surface area contributed by atoms with Crippen LogP contribution in [0.2, 0.25) is 0 Å². The number of aryl methyl sites for hydroxylation is 3. The van der Waals surface area contributed by atoms with Gasteiger partial charge in [-0.25, -0.2) is 19.7 Å². The summed E-state index contributed by atoms with van der Waals surface area (Å²) in [6, 6.07) is 0. The maximum Gasteiger partial charge on any atom is 0.328 e. The van der Waals surface area contributed by atoms with Crippen molar-refractivity contribution in [1.82, 2.24) is 39.9 Å². The van der Waals surface area contributed by atoms with Crippen LogP contribution in [-0.4, -0.2) is 60.3 Å². The summed E-state index contributed by atoms with van der Waals surface area (Å²) >= 11 is 0. The molecule has 0 radical (unpaired) electrons. The zero-order valence-corrected chi connectivity index (χ0v) is 19.8. The molecular weight excluding hydrogens is 508 g/mol. The number of hydrogen-bond donors (Lipinski definition) is 9. The molecule has 4 aromatic rings. The molecule has 17 nitrogen and oxygen atoms in total. The standard InChI is InChI=1S/C21H20N8O9/c1-4-22-13(30)9(14(31)23-4)7(10-15(32)24-5(2)25-16(10)33)8(11-17(34)26-6(3)27-18(11)35)12-19(36)28-21(38)29-20(12)37/h7-8H,1-3H3,(H2,22,23,30,31)(H2,24,25,32,33)(H2,26,27,34,35)(H3,28,29,36,37,38)/t8-/m1/s1. The van der Waals surface area contributed by atoms with Gasteiger partial charge in [0.15, 0.2) is 0 Å². The van der Waals surface area contributed by atoms with E-state index in [9.17, 15) is 44.4 Å². The predicted molar refractivity (Wildman–Crippen MR) is 127 cm³/mol. The fraction of sp³-hybridized carbons (Fsp3) is 0.238. The first kappa shape index (κ1) is 25.6. The molecule has 0 saturated carbocycles. The Morgan fingerprint density at radius 3 is 1.13 bits per heavy atom. The number of aromatic nitrogens is 8. The van der Waals surface area contributed by atoms with Gasteiger partial charge in [-0.15, -0.1) is 0 Å². The fourth-order valence-electron chi connectivity index (χ4n) is 4.31. The topological polar surface area (TPSA) is 284 Å². The predicted octanol–water partition coefficient (Wildman–Crippen LogP) is -1.98. The van der Waals surface area contributed by atoms with Gasteiger partial charge in [0.2, 0.25) is 23.5 Å². The number of hydrogen-bond acceptors (Lipinski definition) is 12. The van der Waals surface area contributed by atoms with E-state index in [-0.39, 0.29) is 17.5 Å². The van der Waals surface area contributed by atoms with Gasteiger partial charge in [0.25, 0.3) is 22.2 Å². The normalized spacial score (nSPS) is 12.1. The third-order valence-corrected chi connectivity index (χ3v) is 5.70. The lowest BCUT2D eigenvalue weighted by molar-refractivity contribution is 0.400. The summed E-state index contributed by atoms with van der Waals surface area (Å²) in [6.07, 6.45) is 0. The molecule has 0 fully saturated rings. The molecule has 0 unspecified atom stereocenters. The van der Waals surface area contributed by atoms with Gasteiger partial charge in [0, 0.05) is 11.8 Å². The molecule has 0 aliphatic carbocycles. The number of aromatic hydroxyl groups is 4. The SMILES string of the molecule is Cc1nc(O)c(C(c2c(O)nc(C)[nH]c2=O)[C@H](c2c(O)nc(C)[nH]c2=O)c2c(O)[nH]c(=O)[nH]c2=O)c(=O)[nH]1. The second-order valence-corrected chi connectivity index (χ2v) is 8.29. The third-order valence-electron chi connectivity index (χ3n) is 5.70. The minimum absolute atomic E-state index is 0.0610. The van der Waals surface area contributed by atoms with Gasteiger partial charge in [0.1, 0.15) is 17.5 Å². The van der Waals surface area contributed by atoms with E-state index in [1.165, 1.54) is 20.8 Å². The largest absolute Gasteiger partial charge is 0.494 e. The number of nitrogens with one attached hydrogen (secondary N) is 5. The van der Waals surface area contributed by atoms with E-state index in [2.05, 4.69) is 29.9 Å². The van der Waals surface area contributed by atoms with Gasteiger partial charge in [-0.1, -0.05) is 0 Å². The Bertz CT molecular complexity index is 1820. The van der Waals surface area contributed by atoms with Crippen molar-refractivity contribution >= 4 is 0 Å². The van der Waals surface area contributed by atoms with E-state index in [1.807, 2.05) is 9.97 Å².